The molecular formula is C41H55NO6S. The average Bonchev–Trinajstić information content (AvgIpc) is 3.62. The van der Waals surface area contributed by atoms with Crippen LogP contribution in [0.15, 0.2) is 65.9 Å². The lowest BCUT2D eigenvalue weighted by Crippen LogP contribution is -2.64. The summed E-state index contributed by atoms with van der Waals surface area (Å²) in [4.78, 5) is 5.56. The first-order valence-electron chi connectivity index (χ1n) is 18.4. The largest absolute Gasteiger partial charge is 0.460 e. The van der Waals surface area contributed by atoms with E-state index in [0.717, 1.165) is 72.6 Å². The average molecular weight is 690 g/mol. The Hall–Kier alpha value is -2.78. The molecule has 3 aliphatic carbocycles. The molecule has 6 unspecified atom stereocenters. The second-order valence-corrected chi connectivity index (χ2v) is 15.8. The van der Waals surface area contributed by atoms with E-state index >= 15 is 0 Å². The number of unbranched alkanes of at least 4 members (excludes halogenated alkanes) is 2. The second kappa shape index (κ2) is 16.5. The van der Waals surface area contributed by atoms with Gasteiger partial charge in [0.05, 0.1) is 23.5 Å². The van der Waals surface area contributed by atoms with E-state index in [1.807, 2.05) is 30.0 Å². The zero-order valence-electron chi connectivity index (χ0n) is 29.6. The Labute approximate surface area is 297 Å². The van der Waals surface area contributed by atoms with Gasteiger partial charge in [0.15, 0.2) is 0 Å². The molecule has 0 amide bonds. The molecule has 1 heterocycles. The Balaban J connectivity index is 1.52. The number of hydrogen-bond donors (Lipinski definition) is 2. The third-order valence-electron chi connectivity index (χ3n) is 11.2. The lowest BCUT2D eigenvalue weighted by atomic mass is 9.56. The van der Waals surface area contributed by atoms with Crippen LogP contribution in [0.5, 0.6) is 17.2 Å². The predicted octanol–water partition coefficient (Wildman–Crippen LogP) is 9.03. The molecule has 2 aromatic carbocycles. The Kier molecular flexibility index (Phi) is 12.1. The van der Waals surface area contributed by atoms with E-state index in [4.69, 9.17) is 24.2 Å². The van der Waals surface area contributed by atoms with Gasteiger partial charge in [0.25, 0.3) is 0 Å². The minimum atomic E-state index is -0.917. The molecule has 2 aromatic rings. The second-order valence-electron chi connectivity index (χ2n) is 14.3. The van der Waals surface area contributed by atoms with Gasteiger partial charge in [-0.15, -0.1) is 18.3 Å². The molecule has 266 valence electrons. The number of benzene rings is 2. The quantitative estimate of drug-likeness (QED) is 0.103. The number of aryl methyl sites for hydroxylation is 2. The maximum absolute atomic E-state index is 9.83. The van der Waals surface area contributed by atoms with E-state index in [2.05, 4.69) is 50.8 Å². The Morgan fingerprint density at radius 3 is 2.43 bits per heavy atom. The lowest BCUT2D eigenvalue weighted by Gasteiger charge is -2.58. The van der Waals surface area contributed by atoms with Gasteiger partial charge in [0, 0.05) is 36.4 Å². The van der Waals surface area contributed by atoms with Crippen molar-refractivity contribution in [3.8, 4) is 17.2 Å². The first-order chi connectivity index (χ1) is 23.9. The fourth-order valence-corrected chi connectivity index (χ4v) is 10.6. The van der Waals surface area contributed by atoms with Crippen LogP contribution in [0, 0.1) is 31.6 Å². The summed E-state index contributed by atoms with van der Waals surface area (Å²) in [6, 6.07) is 12.5. The van der Waals surface area contributed by atoms with Crippen LogP contribution >= 0.6 is 11.8 Å². The summed E-state index contributed by atoms with van der Waals surface area (Å²) in [5.74, 6) is 2.00. The first-order valence-corrected chi connectivity index (χ1v) is 19.4. The molecule has 1 aliphatic heterocycles. The topological polar surface area (TPSA) is 89.7 Å². The number of aliphatic hydroxyl groups excluding tert-OH is 2. The van der Waals surface area contributed by atoms with Crippen molar-refractivity contribution in [3.05, 3.63) is 77.4 Å². The van der Waals surface area contributed by atoms with E-state index in [9.17, 15) is 10.2 Å². The van der Waals surface area contributed by atoms with Gasteiger partial charge in [0.1, 0.15) is 24.4 Å². The molecule has 6 rings (SSSR count). The fourth-order valence-electron chi connectivity index (χ4n) is 8.79. The van der Waals surface area contributed by atoms with Crippen molar-refractivity contribution in [3.63, 3.8) is 0 Å². The van der Waals surface area contributed by atoms with Crippen molar-refractivity contribution in [1.29, 1.82) is 0 Å². The van der Waals surface area contributed by atoms with Gasteiger partial charge < -0.3 is 29.3 Å². The molecule has 2 N–H and O–H groups in total. The molecule has 0 saturated heterocycles. The van der Waals surface area contributed by atoms with Crippen molar-refractivity contribution < 1.29 is 29.3 Å². The highest BCUT2D eigenvalue weighted by molar-refractivity contribution is 8.00. The molecule has 6 atom stereocenters. The number of thioether (sulfide) groups is 1. The summed E-state index contributed by atoms with van der Waals surface area (Å²) in [5, 5.41) is 24.8. The number of oxime groups is 1. The van der Waals surface area contributed by atoms with Gasteiger partial charge in [-0.05, 0) is 111 Å². The molecule has 7 nitrogen and oxygen atoms in total. The van der Waals surface area contributed by atoms with E-state index in [0.29, 0.717) is 18.3 Å². The molecule has 2 saturated carbocycles. The highest BCUT2D eigenvalue weighted by atomic mass is 32.2. The zero-order chi connectivity index (χ0) is 34.4. The van der Waals surface area contributed by atoms with Gasteiger partial charge in [-0.2, -0.15) is 0 Å². The smallest absolute Gasteiger partial charge is 0.230 e. The highest BCUT2D eigenvalue weighted by Gasteiger charge is 2.64. The van der Waals surface area contributed by atoms with Crippen LogP contribution < -0.4 is 9.47 Å². The maximum atomic E-state index is 9.83. The van der Waals surface area contributed by atoms with Crippen molar-refractivity contribution in [2.45, 2.75) is 107 Å². The number of ether oxygens (including phenoxy) is 3. The van der Waals surface area contributed by atoms with E-state index in [1.165, 1.54) is 36.8 Å². The van der Waals surface area contributed by atoms with Crippen molar-refractivity contribution in [2.24, 2.45) is 22.9 Å². The Morgan fingerprint density at radius 1 is 0.980 bits per heavy atom. The molecule has 0 aromatic heterocycles. The zero-order valence-corrected chi connectivity index (χ0v) is 30.4. The fraction of sp³-hybridized carbons (Fsp3) is 0.585. The van der Waals surface area contributed by atoms with Gasteiger partial charge in [0.2, 0.25) is 5.79 Å². The first kappa shape index (κ1) is 36.0. The highest BCUT2D eigenvalue weighted by Crippen LogP contribution is 2.63. The summed E-state index contributed by atoms with van der Waals surface area (Å²) in [5.41, 5.74) is 5.72. The molecule has 0 spiro atoms. The van der Waals surface area contributed by atoms with Crippen LogP contribution in [0.25, 0.3) is 0 Å². The number of allylic oxidation sites excluding steroid dienone is 1. The van der Waals surface area contributed by atoms with Crippen molar-refractivity contribution >= 4 is 17.5 Å². The van der Waals surface area contributed by atoms with Gasteiger partial charge in [-0.1, -0.05) is 49.1 Å². The van der Waals surface area contributed by atoms with Crippen LogP contribution in [0.4, 0.5) is 0 Å². The van der Waals surface area contributed by atoms with E-state index in [-0.39, 0.29) is 42.1 Å². The summed E-state index contributed by atoms with van der Waals surface area (Å²) >= 11 is 2.02. The van der Waals surface area contributed by atoms with Crippen LogP contribution in [0.1, 0.15) is 93.2 Å². The third-order valence-corrected chi connectivity index (χ3v) is 12.9. The van der Waals surface area contributed by atoms with Crippen LogP contribution in [0.2, 0.25) is 0 Å². The molecule has 2 fully saturated rings. The SMILES string of the molecule is C=CCOC12Oc3ccc(Oc4ccc(C)c(C)c4)cc3C3C(CCCCO)C(CCCCO)C=C(C(=NOC)CC1SC1CCCC1)C32. The summed E-state index contributed by atoms with van der Waals surface area (Å²) < 4.78 is 20.9. The van der Waals surface area contributed by atoms with Gasteiger partial charge >= 0.3 is 0 Å². The van der Waals surface area contributed by atoms with Crippen LogP contribution in [-0.4, -0.2) is 59.1 Å². The molecule has 4 aliphatic rings. The number of fused-ring (bicyclic) bond motifs is 2. The number of hydrogen-bond acceptors (Lipinski definition) is 8. The molecule has 0 bridgehead atoms. The monoisotopic (exact) mass is 689 g/mol. The standard InChI is InChI=1S/C41H55NO6S/c1-5-22-46-41-38(49-32-13-6-7-14-32)26-36(42-45-4)34-24-29(12-8-10-20-43)33(15-9-11-21-44)39(40(34)41)35-25-31(18-19-37(35)48-41)47-30-17-16-27(2)28(3)23-30/h5,16-19,23-25,29,32-33,38-40,43-44H,1,6-15,20-22,26H2,2-4H3. The predicted molar refractivity (Wildman–Crippen MR) is 198 cm³/mol. The van der Waals surface area contributed by atoms with Crippen LogP contribution in [-0.2, 0) is 9.57 Å². The number of nitrogens with zero attached hydrogens (tertiary/aromatic N) is 1. The lowest BCUT2D eigenvalue weighted by molar-refractivity contribution is -0.223. The normalized spacial score (nSPS) is 28.4. The van der Waals surface area contributed by atoms with Gasteiger partial charge in [-0.25, -0.2) is 0 Å². The molecule has 0 radical (unpaired) electrons. The summed E-state index contributed by atoms with van der Waals surface area (Å²) in [6.07, 6.45) is 15.3. The molecular weight excluding hydrogens is 635 g/mol. The summed E-state index contributed by atoms with van der Waals surface area (Å²) in [7, 11) is 1.64. The van der Waals surface area contributed by atoms with Gasteiger partial charge in [-0.3, -0.25) is 0 Å². The minimum absolute atomic E-state index is 0.0118. The van der Waals surface area contributed by atoms with Crippen molar-refractivity contribution in [1.82, 2.24) is 0 Å². The Bertz CT molecular complexity index is 1500. The molecule has 49 heavy (non-hydrogen) atoms. The van der Waals surface area contributed by atoms with Crippen LogP contribution in [0.3, 0.4) is 0 Å². The minimum Gasteiger partial charge on any atom is -0.460 e. The Morgan fingerprint density at radius 2 is 1.71 bits per heavy atom. The molecule has 8 heteroatoms. The van der Waals surface area contributed by atoms with E-state index in [1.54, 1.807) is 7.11 Å². The number of aliphatic hydroxyl groups is 2. The van der Waals surface area contributed by atoms with Crippen molar-refractivity contribution in [2.75, 3.05) is 26.9 Å². The maximum Gasteiger partial charge on any atom is 0.230 e. The van der Waals surface area contributed by atoms with E-state index < -0.39 is 5.79 Å². The third kappa shape index (κ3) is 7.63. The number of rotatable bonds is 16. The summed E-state index contributed by atoms with van der Waals surface area (Å²) in [6.45, 7) is 9.02.